The molecule has 0 unspecified atom stereocenters. The summed E-state index contributed by atoms with van der Waals surface area (Å²) in [7, 11) is 0. The molecule has 0 atom stereocenters. The lowest BCUT2D eigenvalue weighted by atomic mass is 10.1. The van der Waals surface area contributed by atoms with E-state index in [1.165, 1.54) is 36.8 Å². The highest BCUT2D eigenvalue weighted by atomic mass is 16.4. The molecule has 0 radical (unpaired) electrons. The molecule has 5 rings (SSSR count). The summed E-state index contributed by atoms with van der Waals surface area (Å²) in [5.74, 6) is 2.29. The van der Waals surface area contributed by atoms with Crippen LogP contribution in [0.5, 0.6) is 0 Å². The molecule has 5 nitrogen and oxygen atoms in total. The number of benzene rings is 3. The fourth-order valence-electron chi connectivity index (χ4n) is 4.19. The third-order valence-electron chi connectivity index (χ3n) is 6.36. The van der Waals surface area contributed by atoms with Gasteiger partial charge in [0.2, 0.25) is 17.7 Å². The van der Waals surface area contributed by atoms with Gasteiger partial charge in [-0.15, -0.1) is 10.2 Å². The minimum Gasteiger partial charge on any atom is -0.436 e. The van der Waals surface area contributed by atoms with Gasteiger partial charge < -0.3 is 8.83 Å². The second-order valence-electron chi connectivity index (χ2n) is 9.12. The molecule has 3 aromatic carbocycles. The van der Waals surface area contributed by atoms with Gasteiger partial charge in [-0.1, -0.05) is 69.2 Å². The van der Waals surface area contributed by atoms with Crippen molar-refractivity contribution in [3.63, 3.8) is 0 Å². The minimum absolute atomic E-state index is 0.469. The zero-order valence-electron chi connectivity index (χ0n) is 20.9. The first-order valence-electron chi connectivity index (χ1n) is 12.8. The summed E-state index contributed by atoms with van der Waals surface area (Å²) in [6.45, 7) is 4.42. The number of nitrogens with zero attached hydrogens (tertiary/aromatic N) is 3. The van der Waals surface area contributed by atoms with E-state index >= 15 is 0 Å². The molecule has 0 saturated carbocycles. The highest BCUT2D eigenvalue weighted by molar-refractivity contribution is 5.67. The maximum absolute atomic E-state index is 6.10. The van der Waals surface area contributed by atoms with Gasteiger partial charge in [-0.2, -0.15) is 0 Å². The van der Waals surface area contributed by atoms with Crippen LogP contribution in [0, 0.1) is 0 Å². The summed E-state index contributed by atoms with van der Waals surface area (Å²) in [4.78, 5) is 4.52. The molecule has 0 N–H and O–H groups in total. The number of hydrogen-bond acceptors (Lipinski definition) is 5. The molecule has 0 aliphatic carbocycles. The maximum Gasteiger partial charge on any atom is 0.248 e. The van der Waals surface area contributed by atoms with Crippen LogP contribution in [0.3, 0.4) is 0 Å². The van der Waals surface area contributed by atoms with Crippen molar-refractivity contribution in [2.24, 2.45) is 0 Å². The lowest BCUT2D eigenvalue weighted by Crippen LogP contribution is -1.85. The molecule has 0 fully saturated rings. The third kappa shape index (κ3) is 5.46. The number of rotatable bonds is 10. The Bertz CT molecular complexity index is 1290. The normalized spacial score (nSPS) is 11.2. The summed E-state index contributed by atoms with van der Waals surface area (Å²) in [5, 5.41) is 8.55. The van der Waals surface area contributed by atoms with Crippen LogP contribution in [0.2, 0.25) is 0 Å². The summed E-state index contributed by atoms with van der Waals surface area (Å²) in [6, 6.07) is 24.7. The summed E-state index contributed by atoms with van der Waals surface area (Å²) >= 11 is 0. The molecule has 0 amide bonds. The van der Waals surface area contributed by atoms with Gasteiger partial charge in [0.25, 0.3) is 0 Å². The van der Waals surface area contributed by atoms with Gasteiger partial charge in [0, 0.05) is 22.3 Å². The molecule has 5 heteroatoms. The lowest BCUT2D eigenvalue weighted by Gasteiger charge is -2.02. The average molecular weight is 478 g/mol. The van der Waals surface area contributed by atoms with E-state index < -0.39 is 0 Å². The number of aryl methyl sites for hydroxylation is 2. The second kappa shape index (κ2) is 11.2. The molecule has 36 heavy (non-hydrogen) atoms. The van der Waals surface area contributed by atoms with E-state index in [4.69, 9.17) is 8.83 Å². The number of aromatic nitrogens is 3. The van der Waals surface area contributed by atoms with Gasteiger partial charge in [0.05, 0.1) is 6.20 Å². The van der Waals surface area contributed by atoms with E-state index in [0.29, 0.717) is 17.7 Å². The van der Waals surface area contributed by atoms with E-state index in [2.05, 4.69) is 65.4 Å². The van der Waals surface area contributed by atoms with Crippen molar-refractivity contribution < 1.29 is 8.83 Å². The monoisotopic (exact) mass is 477 g/mol. The van der Waals surface area contributed by atoms with Crippen LogP contribution in [0.4, 0.5) is 0 Å². The Kier molecular flexibility index (Phi) is 7.36. The van der Waals surface area contributed by atoms with Crippen LogP contribution in [0.1, 0.15) is 50.7 Å². The van der Waals surface area contributed by atoms with Crippen LogP contribution in [-0.4, -0.2) is 15.2 Å². The van der Waals surface area contributed by atoms with Crippen molar-refractivity contribution in [1.82, 2.24) is 15.2 Å². The van der Waals surface area contributed by atoms with Gasteiger partial charge in [-0.05, 0) is 67.1 Å². The van der Waals surface area contributed by atoms with E-state index in [0.717, 1.165) is 40.9 Å². The Labute approximate surface area is 212 Å². The Morgan fingerprint density at radius 1 is 0.583 bits per heavy atom. The van der Waals surface area contributed by atoms with Gasteiger partial charge in [-0.3, -0.25) is 0 Å². The maximum atomic E-state index is 6.10. The highest BCUT2D eigenvalue weighted by Crippen LogP contribution is 2.30. The molecule has 0 saturated heterocycles. The minimum atomic E-state index is 0.469. The van der Waals surface area contributed by atoms with Gasteiger partial charge >= 0.3 is 0 Å². The Balaban J connectivity index is 1.32. The zero-order valence-corrected chi connectivity index (χ0v) is 20.9. The molecule has 0 bridgehead atoms. The standard InChI is InChI=1S/C31H31N3O2/c1-3-5-8-22-12-16-24(17-13-22)28-21-32-29(35-28)26-10-7-11-27(20-26)31-34-33-30(36-31)25-18-14-23(15-19-25)9-6-4-2/h7,10-21H,3-6,8-9H2,1-2H3. The SMILES string of the molecule is CCCCc1ccc(-c2cnc(-c3cccc(-c4nnc(-c5ccc(CCCC)cc5)o4)c3)o2)cc1. The Hall–Kier alpha value is -3.99. The molecule has 0 spiro atoms. The number of unbranched alkanes of at least 4 members (excludes halogenated alkanes) is 2. The Morgan fingerprint density at radius 3 is 1.75 bits per heavy atom. The van der Waals surface area contributed by atoms with Crippen molar-refractivity contribution in [1.29, 1.82) is 0 Å². The molecule has 2 heterocycles. The number of hydrogen-bond donors (Lipinski definition) is 0. The molecule has 0 aliphatic heterocycles. The van der Waals surface area contributed by atoms with Crippen LogP contribution in [-0.2, 0) is 12.8 Å². The molecule has 182 valence electrons. The number of oxazole rings is 1. The van der Waals surface area contributed by atoms with E-state index in [1.807, 2.05) is 36.4 Å². The third-order valence-corrected chi connectivity index (χ3v) is 6.36. The van der Waals surface area contributed by atoms with E-state index in [1.54, 1.807) is 6.20 Å². The topological polar surface area (TPSA) is 65.0 Å². The van der Waals surface area contributed by atoms with Crippen molar-refractivity contribution in [2.75, 3.05) is 0 Å². The zero-order chi connectivity index (χ0) is 24.7. The van der Waals surface area contributed by atoms with E-state index in [9.17, 15) is 0 Å². The van der Waals surface area contributed by atoms with Crippen molar-refractivity contribution in [2.45, 2.75) is 52.4 Å². The van der Waals surface area contributed by atoms with Crippen LogP contribution >= 0.6 is 0 Å². The average Bonchev–Trinajstić information content (AvgIpc) is 3.62. The summed E-state index contributed by atoms with van der Waals surface area (Å²) < 4.78 is 12.1. The van der Waals surface area contributed by atoms with Crippen LogP contribution < -0.4 is 0 Å². The first-order valence-corrected chi connectivity index (χ1v) is 12.8. The largest absolute Gasteiger partial charge is 0.436 e. The first kappa shape index (κ1) is 23.7. The van der Waals surface area contributed by atoms with Crippen molar-refractivity contribution >= 4 is 0 Å². The molecular formula is C31H31N3O2. The lowest BCUT2D eigenvalue weighted by molar-refractivity contribution is 0.583. The molecule has 2 aromatic heterocycles. The highest BCUT2D eigenvalue weighted by Gasteiger charge is 2.14. The van der Waals surface area contributed by atoms with Crippen molar-refractivity contribution in [3.8, 4) is 45.7 Å². The molecule has 0 aliphatic rings. The second-order valence-corrected chi connectivity index (χ2v) is 9.12. The molecular weight excluding hydrogens is 446 g/mol. The predicted molar refractivity (Wildman–Crippen MR) is 143 cm³/mol. The van der Waals surface area contributed by atoms with Gasteiger partial charge in [0.1, 0.15) is 0 Å². The predicted octanol–water partition coefficient (Wildman–Crippen LogP) is 8.41. The van der Waals surface area contributed by atoms with Gasteiger partial charge in [-0.25, -0.2) is 4.98 Å². The van der Waals surface area contributed by atoms with E-state index in [-0.39, 0.29) is 0 Å². The Morgan fingerprint density at radius 2 is 1.14 bits per heavy atom. The van der Waals surface area contributed by atoms with Crippen LogP contribution in [0.15, 0.2) is 87.8 Å². The quantitative estimate of drug-likeness (QED) is 0.202. The smallest absolute Gasteiger partial charge is 0.248 e. The first-order chi connectivity index (χ1) is 17.7. The fourth-order valence-corrected chi connectivity index (χ4v) is 4.19. The van der Waals surface area contributed by atoms with Crippen LogP contribution in [0.25, 0.3) is 45.7 Å². The summed E-state index contributed by atoms with van der Waals surface area (Å²) in [5.41, 5.74) is 6.30. The summed E-state index contributed by atoms with van der Waals surface area (Å²) in [6.07, 6.45) is 8.75. The van der Waals surface area contributed by atoms with Crippen molar-refractivity contribution in [3.05, 3.63) is 90.1 Å². The molecule has 5 aromatic rings. The fraction of sp³-hybridized carbons (Fsp3) is 0.258. The van der Waals surface area contributed by atoms with Gasteiger partial charge in [0.15, 0.2) is 5.76 Å².